The monoisotopic (exact) mass is 369 g/mol. The van der Waals surface area contributed by atoms with Gasteiger partial charge in [0.1, 0.15) is 5.82 Å². The van der Waals surface area contributed by atoms with Crippen molar-refractivity contribution < 1.29 is 9.18 Å². The zero-order valence-electron chi connectivity index (χ0n) is 15.4. The lowest BCUT2D eigenvalue weighted by atomic mass is 10.1. The molecule has 2 aromatic rings. The summed E-state index contributed by atoms with van der Waals surface area (Å²) in [5.41, 5.74) is 1.05. The lowest BCUT2D eigenvalue weighted by Gasteiger charge is -2.36. The number of carbonyl (C=O) groups excluding carboxylic acids is 1. The summed E-state index contributed by atoms with van der Waals surface area (Å²) in [6, 6.07) is 10.5. The van der Waals surface area contributed by atoms with Crippen molar-refractivity contribution in [2.45, 2.75) is 19.3 Å². The summed E-state index contributed by atoms with van der Waals surface area (Å²) in [5, 5.41) is 8.43. The van der Waals surface area contributed by atoms with E-state index in [0.29, 0.717) is 11.4 Å². The van der Waals surface area contributed by atoms with Gasteiger partial charge in [-0.15, -0.1) is 10.2 Å². The van der Waals surface area contributed by atoms with Crippen LogP contribution in [-0.2, 0) is 0 Å². The van der Waals surface area contributed by atoms with Crippen LogP contribution in [0.1, 0.15) is 29.8 Å². The van der Waals surface area contributed by atoms with E-state index in [4.69, 9.17) is 0 Å². The number of piperidine rings is 1. The molecule has 0 saturated carbocycles. The van der Waals surface area contributed by atoms with Gasteiger partial charge in [0.25, 0.3) is 5.91 Å². The van der Waals surface area contributed by atoms with Crippen LogP contribution in [0.2, 0.25) is 0 Å². The van der Waals surface area contributed by atoms with Crippen molar-refractivity contribution in [3.8, 4) is 0 Å². The summed E-state index contributed by atoms with van der Waals surface area (Å²) in [7, 11) is 0. The minimum atomic E-state index is -0.189. The topological polar surface area (TPSA) is 52.6 Å². The number of para-hydroxylation sites is 1. The highest BCUT2D eigenvalue weighted by Crippen LogP contribution is 2.22. The summed E-state index contributed by atoms with van der Waals surface area (Å²) < 4.78 is 14.0. The quantitative estimate of drug-likeness (QED) is 0.832. The van der Waals surface area contributed by atoms with E-state index in [1.165, 1.54) is 12.5 Å². The van der Waals surface area contributed by atoms with Crippen LogP contribution < -0.4 is 9.80 Å². The largest absolute Gasteiger partial charge is 0.366 e. The lowest BCUT2D eigenvalue weighted by Crippen LogP contribution is -2.47. The van der Waals surface area contributed by atoms with Crippen molar-refractivity contribution in [3.05, 3.63) is 47.9 Å². The van der Waals surface area contributed by atoms with Crippen molar-refractivity contribution in [3.63, 3.8) is 0 Å². The summed E-state index contributed by atoms with van der Waals surface area (Å²) in [6.45, 7) is 4.53. The molecule has 0 spiro atoms. The van der Waals surface area contributed by atoms with Gasteiger partial charge in [-0.2, -0.15) is 0 Å². The van der Waals surface area contributed by atoms with Crippen LogP contribution in [0.5, 0.6) is 0 Å². The van der Waals surface area contributed by atoms with Crippen LogP contribution in [0.25, 0.3) is 0 Å². The van der Waals surface area contributed by atoms with Crippen molar-refractivity contribution >= 4 is 17.4 Å². The molecular weight excluding hydrogens is 345 g/mol. The molecule has 4 rings (SSSR count). The molecule has 2 saturated heterocycles. The fraction of sp³-hybridized carbons (Fsp3) is 0.450. The van der Waals surface area contributed by atoms with E-state index in [1.807, 2.05) is 28.0 Å². The Morgan fingerprint density at radius 2 is 1.52 bits per heavy atom. The minimum Gasteiger partial charge on any atom is -0.366 e. The molecule has 142 valence electrons. The third-order valence-electron chi connectivity index (χ3n) is 5.31. The third kappa shape index (κ3) is 3.86. The second-order valence-electron chi connectivity index (χ2n) is 7.06. The normalized spacial score (nSPS) is 17.9. The average molecular weight is 369 g/mol. The number of nitrogens with zero attached hydrogens (tertiary/aromatic N) is 5. The van der Waals surface area contributed by atoms with E-state index in [2.05, 4.69) is 15.1 Å². The van der Waals surface area contributed by atoms with E-state index < -0.39 is 0 Å². The molecule has 27 heavy (non-hydrogen) atoms. The first-order chi connectivity index (χ1) is 13.2. The molecule has 3 heterocycles. The molecule has 7 heteroatoms. The second kappa shape index (κ2) is 7.90. The molecule has 1 aromatic heterocycles. The number of piperazine rings is 1. The smallest absolute Gasteiger partial charge is 0.274 e. The van der Waals surface area contributed by atoms with Gasteiger partial charge in [0.05, 0.1) is 5.69 Å². The first-order valence-corrected chi connectivity index (χ1v) is 9.60. The van der Waals surface area contributed by atoms with Gasteiger partial charge in [0.2, 0.25) is 0 Å². The van der Waals surface area contributed by atoms with Crippen LogP contribution >= 0.6 is 0 Å². The molecule has 0 atom stereocenters. The zero-order valence-corrected chi connectivity index (χ0v) is 15.4. The molecule has 0 radical (unpaired) electrons. The minimum absolute atomic E-state index is 0.0295. The Hall–Kier alpha value is -2.70. The number of aromatic nitrogens is 2. The number of hydrogen-bond acceptors (Lipinski definition) is 5. The SMILES string of the molecule is O=C(c1ccc(N2CCN(c3ccccc3F)CC2)nn1)N1CCCCC1. The van der Waals surface area contributed by atoms with E-state index in [9.17, 15) is 9.18 Å². The Morgan fingerprint density at radius 1 is 0.815 bits per heavy atom. The molecular formula is C20H24FN5O. The average Bonchev–Trinajstić information content (AvgIpc) is 2.74. The van der Waals surface area contributed by atoms with Crippen molar-refractivity contribution in [2.75, 3.05) is 49.1 Å². The number of carbonyl (C=O) groups is 1. The molecule has 2 aliphatic heterocycles. The van der Waals surface area contributed by atoms with Crippen molar-refractivity contribution in [1.82, 2.24) is 15.1 Å². The first kappa shape index (κ1) is 17.7. The second-order valence-corrected chi connectivity index (χ2v) is 7.06. The predicted molar refractivity (Wildman–Crippen MR) is 103 cm³/mol. The Morgan fingerprint density at radius 3 is 2.19 bits per heavy atom. The zero-order chi connectivity index (χ0) is 18.6. The summed E-state index contributed by atoms with van der Waals surface area (Å²) in [5.74, 6) is 0.544. The third-order valence-corrected chi connectivity index (χ3v) is 5.31. The number of rotatable bonds is 3. The van der Waals surface area contributed by atoms with Gasteiger partial charge < -0.3 is 14.7 Å². The van der Waals surface area contributed by atoms with Crippen molar-refractivity contribution in [2.24, 2.45) is 0 Å². The van der Waals surface area contributed by atoms with Gasteiger partial charge in [-0.25, -0.2) is 4.39 Å². The molecule has 2 aliphatic rings. The Bertz CT molecular complexity index is 783. The first-order valence-electron chi connectivity index (χ1n) is 9.60. The van der Waals surface area contributed by atoms with E-state index >= 15 is 0 Å². The number of benzene rings is 1. The Labute approximate surface area is 158 Å². The Balaban J connectivity index is 1.37. The molecule has 1 aromatic carbocycles. The van der Waals surface area contributed by atoms with Crippen LogP contribution in [0.4, 0.5) is 15.9 Å². The number of halogens is 1. The fourth-order valence-electron chi connectivity index (χ4n) is 3.75. The van der Waals surface area contributed by atoms with Gasteiger partial charge in [-0.05, 0) is 43.5 Å². The van der Waals surface area contributed by atoms with Gasteiger partial charge in [-0.1, -0.05) is 12.1 Å². The van der Waals surface area contributed by atoms with Crippen LogP contribution in [0, 0.1) is 5.82 Å². The highest BCUT2D eigenvalue weighted by atomic mass is 19.1. The number of hydrogen-bond donors (Lipinski definition) is 0. The van der Waals surface area contributed by atoms with Crippen molar-refractivity contribution in [1.29, 1.82) is 0 Å². The maximum absolute atomic E-state index is 14.0. The molecule has 2 fully saturated rings. The molecule has 0 N–H and O–H groups in total. The number of amides is 1. The molecule has 0 bridgehead atoms. The Kier molecular flexibility index (Phi) is 5.18. The summed E-state index contributed by atoms with van der Waals surface area (Å²) >= 11 is 0. The van der Waals surface area contributed by atoms with E-state index in [-0.39, 0.29) is 11.7 Å². The van der Waals surface area contributed by atoms with E-state index in [1.54, 1.807) is 12.1 Å². The highest BCUT2D eigenvalue weighted by molar-refractivity contribution is 5.92. The predicted octanol–water partition coefficient (Wildman–Crippen LogP) is 2.57. The summed E-state index contributed by atoms with van der Waals surface area (Å²) in [6.07, 6.45) is 3.31. The van der Waals surface area contributed by atoms with E-state index in [0.717, 1.165) is 57.9 Å². The molecule has 0 unspecified atom stereocenters. The number of anilines is 2. The maximum atomic E-state index is 14.0. The lowest BCUT2D eigenvalue weighted by molar-refractivity contribution is 0.0717. The highest BCUT2D eigenvalue weighted by Gasteiger charge is 2.22. The van der Waals surface area contributed by atoms with Crippen LogP contribution in [0.3, 0.4) is 0 Å². The molecule has 1 amide bonds. The number of likely N-dealkylation sites (tertiary alicyclic amines) is 1. The van der Waals surface area contributed by atoms with Gasteiger partial charge in [-0.3, -0.25) is 4.79 Å². The summed E-state index contributed by atoms with van der Waals surface area (Å²) in [4.78, 5) is 18.5. The van der Waals surface area contributed by atoms with Gasteiger partial charge >= 0.3 is 0 Å². The van der Waals surface area contributed by atoms with Crippen LogP contribution in [0.15, 0.2) is 36.4 Å². The van der Waals surface area contributed by atoms with Crippen LogP contribution in [-0.4, -0.2) is 60.3 Å². The standard InChI is InChI=1S/C20H24FN5O/c21-16-6-2-3-7-18(16)24-12-14-25(15-13-24)19-9-8-17(22-23-19)20(27)26-10-4-1-5-11-26/h2-3,6-9H,1,4-5,10-15H2. The fourth-order valence-corrected chi connectivity index (χ4v) is 3.75. The van der Waals surface area contributed by atoms with Gasteiger partial charge in [0, 0.05) is 39.3 Å². The molecule has 0 aliphatic carbocycles. The molecule has 6 nitrogen and oxygen atoms in total. The van der Waals surface area contributed by atoms with Gasteiger partial charge in [0.15, 0.2) is 11.5 Å². The maximum Gasteiger partial charge on any atom is 0.274 e.